The largest absolute Gasteiger partial charge is 0.481 e. The molecule has 0 aromatic heterocycles. The van der Waals surface area contributed by atoms with Gasteiger partial charge in [-0.3, -0.25) is 9.59 Å². The Hall–Kier alpha value is -1.14. The van der Waals surface area contributed by atoms with E-state index in [-0.39, 0.29) is 11.5 Å². The summed E-state index contributed by atoms with van der Waals surface area (Å²) in [6.07, 6.45) is 3.79. The number of allylic oxidation sites excluding steroid dienone is 1. The molecule has 0 bridgehead atoms. The summed E-state index contributed by atoms with van der Waals surface area (Å²) in [7, 11) is -1.79. The number of hydrogen-bond donors (Lipinski definition) is 1. The zero-order chi connectivity index (χ0) is 21.5. The molecule has 0 unspecified atom stereocenters. The molecule has 158 valence electrons. The molecule has 27 heavy (non-hydrogen) atoms. The number of hydrogen-bond acceptors (Lipinski definition) is 4. The number of carbonyl (C=O) groups is 2. The Balaban J connectivity index is 4.89. The van der Waals surface area contributed by atoms with Crippen molar-refractivity contribution in [2.45, 2.75) is 91.0 Å². The van der Waals surface area contributed by atoms with Gasteiger partial charge in [0, 0.05) is 6.61 Å². The highest BCUT2D eigenvalue weighted by atomic mass is 28.4. The third-order valence-electron chi connectivity index (χ3n) is 5.11. The molecule has 0 amide bonds. The van der Waals surface area contributed by atoms with Crippen LogP contribution in [-0.2, 0) is 18.8 Å². The van der Waals surface area contributed by atoms with Crippen molar-refractivity contribution >= 4 is 20.3 Å². The standard InChI is InChI=1S/C21H40O5Si/c1-10-13-16(18(22)23)17(19(24)26-20(2,3)4)14-11-12-15-25-27(8,9)21(5,6)7/h10,16-17H,1,11-15H2,2-9H3,(H,22,23)/t16-,17+/m1/s1. The summed E-state index contributed by atoms with van der Waals surface area (Å²) in [5.41, 5.74) is -0.641. The van der Waals surface area contributed by atoms with Gasteiger partial charge in [-0.25, -0.2) is 0 Å². The van der Waals surface area contributed by atoms with Crippen molar-refractivity contribution in [2.75, 3.05) is 6.61 Å². The molecule has 0 aromatic carbocycles. The second kappa shape index (κ2) is 10.4. The van der Waals surface area contributed by atoms with E-state index in [1.807, 2.05) is 0 Å². The predicted molar refractivity (Wildman–Crippen MR) is 112 cm³/mol. The van der Waals surface area contributed by atoms with E-state index in [0.29, 0.717) is 13.0 Å². The summed E-state index contributed by atoms with van der Waals surface area (Å²) in [6.45, 7) is 20.6. The molecule has 0 spiro atoms. The van der Waals surface area contributed by atoms with Crippen molar-refractivity contribution in [3.63, 3.8) is 0 Å². The molecule has 0 fully saturated rings. The SMILES string of the molecule is C=CC[C@@H](C(=O)O)[C@H](CCCCO[Si](C)(C)C(C)(C)C)C(=O)OC(C)(C)C. The van der Waals surface area contributed by atoms with Crippen molar-refractivity contribution in [1.29, 1.82) is 0 Å². The van der Waals surface area contributed by atoms with Gasteiger partial charge in [0.1, 0.15) is 5.60 Å². The van der Waals surface area contributed by atoms with Crippen LogP contribution >= 0.6 is 0 Å². The number of esters is 1. The molecule has 5 nitrogen and oxygen atoms in total. The molecule has 6 heteroatoms. The molecule has 0 rings (SSSR count). The van der Waals surface area contributed by atoms with Crippen LogP contribution in [0.5, 0.6) is 0 Å². The minimum absolute atomic E-state index is 0.157. The number of aliphatic carboxylic acids is 1. The average Bonchev–Trinajstić information content (AvgIpc) is 2.45. The smallest absolute Gasteiger partial charge is 0.310 e. The maximum absolute atomic E-state index is 12.6. The van der Waals surface area contributed by atoms with Gasteiger partial charge < -0.3 is 14.3 Å². The van der Waals surface area contributed by atoms with Gasteiger partial charge in [0.05, 0.1) is 11.8 Å². The number of rotatable bonds is 11. The van der Waals surface area contributed by atoms with E-state index in [1.54, 1.807) is 26.8 Å². The van der Waals surface area contributed by atoms with Crippen molar-refractivity contribution in [3.8, 4) is 0 Å². The van der Waals surface area contributed by atoms with Gasteiger partial charge in [0.2, 0.25) is 0 Å². The molecular formula is C21H40O5Si. The van der Waals surface area contributed by atoms with Crippen LogP contribution < -0.4 is 0 Å². The Morgan fingerprint density at radius 2 is 1.63 bits per heavy atom. The number of carboxylic acids is 1. The normalized spacial score (nSPS) is 15.1. The highest BCUT2D eigenvalue weighted by molar-refractivity contribution is 6.74. The molecule has 1 N–H and O–H groups in total. The summed E-state index contributed by atoms with van der Waals surface area (Å²) >= 11 is 0. The molecule has 0 aliphatic heterocycles. The Morgan fingerprint density at radius 3 is 2.04 bits per heavy atom. The highest BCUT2D eigenvalue weighted by Gasteiger charge is 2.37. The minimum Gasteiger partial charge on any atom is -0.481 e. The molecule has 0 aliphatic carbocycles. The second-order valence-corrected chi connectivity index (χ2v) is 14.5. The monoisotopic (exact) mass is 400 g/mol. The lowest BCUT2D eigenvalue weighted by Gasteiger charge is -2.36. The molecule has 0 saturated heterocycles. The van der Waals surface area contributed by atoms with Gasteiger partial charge in [0.15, 0.2) is 8.32 Å². The van der Waals surface area contributed by atoms with E-state index < -0.39 is 37.7 Å². The first-order chi connectivity index (χ1) is 12.1. The van der Waals surface area contributed by atoms with Crippen molar-refractivity contribution in [1.82, 2.24) is 0 Å². The highest BCUT2D eigenvalue weighted by Crippen LogP contribution is 2.36. The van der Waals surface area contributed by atoms with E-state index in [1.165, 1.54) is 0 Å². The van der Waals surface area contributed by atoms with Crippen LogP contribution in [0.2, 0.25) is 18.1 Å². The van der Waals surface area contributed by atoms with Crippen molar-refractivity contribution < 1.29 is 23.9 Å². The Bertz CT molecular complexity index is 500. The van der Waals surface area contributed by atoms with Gasteiger partial charge in [-0.05, 0) is 58.2 Å². The van der Waals surface area contributed by atoms with Crippen LogP contribution in [0.3, 0.4) is 0 Å². The van der Waals surface area contributed by atoms with E-state index in [9.17, 15) is 14.7 Å². The van der Waals surface area contributed by atoms with Gasteiger partial charge in [0.25, 0.3) is 0 Å². The first kappa shape index (κ1) is 25.9. The minimum atomic E-state index is -1.79. The van der Waals surface area contributed by atoms with E-state index >= 15 is 0 Å². The molecule has 0 radical (unpaired) electrons. The lowest BCUT2D eigenvalue weighted by molar-refractivity contribution is -0.167. The number of unbranched alkanes of at least 4 members (excludes halogenated alkanes) is 1. The van der Waals surface area contributed by atoms with Gasteiger partial charge in [-0.15, -0.1) is 6.58 Å². The molecule has 0 aromatic rings. The number of carbonyl (C=O) groups excluding carboxylic acids is 1. The van der Waals surface area contributed by atoms with Crippen LogP contribution in [0.15, 0.2) is 12.7 Å². The maximum Gasteiger partial charge on any atom is 0.310 e. The van der Waals surface area contributed by atoms with Crippen LogP contribution in [0.25, 0.3) is 0 Å². The molecule has 0 saturated carbocycles. The van der Waals surface area contributed by atoms with Crippen molar-refractivity contribution in [3.05, 3.63) is 12.7 Å². The summed E-state index contributed by atoms with van der Waals surface area (Å²) in [5, 5.41) is 9.70. The Kier molecular flexibility index (Phi) is 9.97. The van der Waals surface area contributed by atoms with Gasteiger partial charge in [-0.1, -0.05) is 33.3 Å². The summed E-state index contributed by atoms with van der Waals surface area (Å²) < 4.78 is 11.6. The van der Waals surface area contributed by atoms with E-state index in [0.717, 1.165) is 12.8 Å². The van der Waals surface area contributed by atoms with Crippen molar-refractivity contribution in [2.24, 2.45) is 11.8 Å². The predicted octanol–water partition coefficient (Wildman–Crippen LogP) is 5.41. The summed E-state index contributed by atoms with van der Waals surface area (Å²) in [5.74, 6) is -2.91. The third kappa shape index (κ3) is 9.56. The van der Waals surface area contributed by atoms with Gasteiger partial charge >= 0.3 is 11.9 Å². The molecule has 2 atom stereocenters. The first-order valence-electron chi connectivity index (χ1n) is 9.83. The molecule has 0 aliphatic rings. The quantitative estimate of drug-likeness (QED) is 0.217. The topological polar surface area (TPSA) is 72.8 Å². The molecule has 0 heterocycles. The second-order valence-electron chi connectivity index (χ2n) is 9.71. The Labute approximate surface area is 166 Å². The van der Waals surface area contributed by atoms with Gasteiger partial charge in [-0.2, -0.15) is 0 Å². The number of carboxylic acid groups (broad SMARTS) is 1. The lowest BCUT2D eigenvalue weighted by atomic mass is 9.85. The van der Waals surface area contributed by atoms with E-state index in [2.05, 4.69) is 40.4 Å². The zero-order valence-electron chi connectivity index (χ0n) is 18.6. The van der Waals surface area contributed by atoms with Crippen LogP contribution in [-0.4, -0.2) is 37.6 Å². The maximum atomic E-state index is 12.6. The average molecular weight is 401 g/mol. The fraction of sp³-hybridized carbons (Fsp3) is 0.810. The van der Waals surface area contributed by atoms with E-state index in [4.69, 9.17) is 9.16 Å². The Morgan fingerprint density at radius 1 is 1.07 bits per heavy atom. The van der Waals surface area contributed by atoms with Crippen LogP contribution in [0, 0.1) is 11.8 Å². The summed E-state index contributed by atoms with van der Waals surface area (Å²) in [4.78, 5) is 24.2. The lowest BCUT2D eigenvalue weighted by Crippen LogP contribution is -2.41. The molecular weight excluding hydrogens is 360 g/mol. The summed E-state index contributed by atoms with van der Waals surface area (Å²) in [6, 6.07) is 0. The first-order valence-corrected chi connectivity index (χ1v) is 12.7. The fourth-order valence-corrected chi connectivity index (χ4v) is 3.58. The number of ether oxygens (including phenoxy) is 1. The third-order valence-corrected chi connectivity index (χ3v) is 9.65. The van der Waals surface area contributed by atoms with Crippen LogP contribution in [0.1, 0.15) is 67.2 Å². The fourth-order valence-electron chi connectivity index (χ4n) is 2.49. The zero-order valence-corrected chi connectivity index (χ0v) is 19.6. The van der Waals surface area contributed by atoms with Crippen LogP contribution in [0.4, 0.5) is 0 Å².